The molecule has 6 heteroatoms. The van der Waals surface area contributed by atoms with E-state index in [1.54, 1.807) is 4.90 Å². The normalized spacial score (nSPS) is 20.1. The Hall–Kier alpha value is -2.18. The summed E-state index contributed by atoms with van der Waals surface area (Å²) in [6, 6.07) is 15.8. The van der Waals surface area contributed by atoms with E-state index in [4.69, 9.17) is 0 Å². The summed E-state index contributed by atoms with van der Waals surface area (Å²) in [5.74, 6) is -0.162. The topological polar surface area (TPSA) is 52.7 Å². The fraction of sp³-hybridized carbons (Fsp3) is 0.333. The van der Waals surface area contributed by atoms with Crippen LogP contribution in [0.1, 0.15) is 18.4 Å². The van der Waals surface area contributed by atoms with E-state index in [0.29, 0.717) is 5.69 Å². The zero-order valence-corrected chi connectivity index (χ0v) is 16.6. The third kappa shape index (κ3) is 4.06. The quantitative estimate of drug-likeness (QED) is 0.812. The minimum Gasteiger partial charge on any atom is -0.323 e. The molecule has 0 saturated carbocycles. The van der Waals surface area contributed by atoms with E-state index in [0.717, 1.165) is 42.6 Å². The molecule has 1 fully saturated rings. The third-order valence-corrected chi connectivity index (χ3v) is 5.68. The highest BCUT2D eigenvalue weighted by atomic mass is 79.9. The first-order chi connectivity index (χ1) is 13.1. The second kappa shape index (κ2) is 7.82. The van der Waals surface area contributed by atoms with Crippen LogP contribution in [0.15, 0.2) is 53.0 Å². The van der Waals surface area contributed by atoms with Gasteiger partial charge in [0.2, 0.25) is 11.8 Å². The average Bonchev–Trinajstić information content (AvgIpc) is 2.67. The monoisotopic (exact) mass is 427 g/mol. The van der Waals surface area contributed by atoms with Gasteiger partial charge in [-0.1, -0.05) is 40.2 Å². The van der Waals surface area contributed by atoms with Crippen molar-refractivity contribution in [1.29, 1.82) is 0 Å². The molecule has 1 saturated heterocycles. The van der Waals surface area contributed by atoms with E-state index in [-0.39, 0.29) is 24.3 Å². The first-order valence-electron chi connectivity index (χ1n) is 9.27. The molecule has 1 unspecified atom stereocenters. The number of piperidine rings is 1. The zero-order valence-electron chi connectivity index (χ0n) is 15.0. The molecule has 2 amide bonds. The molecule has 4 rings (SSSR count). The van der Waals surface area contributed by atoms with Gasteiger partial charge in [-0.05, 0) is 49.2 Å². The number of nitrogens with one attached hydrogen (secondary N) is 1. The fourth-order valence-corrected chi connectivity index (χ4v) is 4.39. The number of nitrogens with zero attached hydrogens (tertiary/aromatic N) is 2. The zero-order chi connectivity index (χ0) is 18.8. The van der Waals surface area contributed by atoms with Gasteiger partial charge < -0.3 is 10.2 Å². The largest absolute Gasteiger partial charge is 0.323 e. The molecule has 2 heterocycles. The van der Waals surface area contributed by atoms with Gasteiger partial charge in [-0.25, -0.2) is 0 Å². The predicted molar refractivity (Wildman–Crippen MR) is 110 cm³/mol. The van der Waals surface area contributed by atoms with Gasteiger partial charge in [0.1, 0.15) is 6.54 Å². The summed E-state index contributed by atoms with van der Waals surface area (Å²) in [5, 5.41) is 2.85. The maximum absolute atomic E-state index is 13.2. The molecule has 0 aliphatic carbocycles. The maximum atomic E-state index is 13.2. The Bertz CT molecular complexity index is 870. The van der Waals surface area contributed by atoms with Gasteiger partial charge in [0.05, 0.1) is 17.3 Å². The van der Waals surface area contributed by atoms with E-state index < -0.39 is 0 Å². The van der Waals surface area contributed by atoms with Crippen molar-refractivity contribution in [3.8, 4) is 0 Å². The number of amides is 2. The number of carbonyl (C=O) groups excluding carboxylic acids is 2. The van der Waals surface area contributed by atoms with E-state index in [9.17, 15) is 9.59 Å². The Kier molecular flexibility index (Phi) is 5.27. The summed E-state index contributed by atoms with van der Waals surface area (Å²) in [7, 11) is 0. The number of para-hydroxylation sites is 2. The van der Waals surface area contributed by atoms with Crippen molar-refractivity contribution < 1.29 is 9.59 Å². The summed E-state index contributed by atoms with van der Waals surface area (Å²) in [4.78, 5) is 29.3. The van der Waals surface area contributed by atoms with Crippen LogP contribution in [0.25, 0.3) is 0 Å². The molecule has 2 aromatic carbocycles. The lowest BCUT2D eigenvalue weighted by Gasteiger charge is -2.36. The Morgan fingerprint density at radius 1 is 1.19 bits per heavy atom. The van der Waals surface area contributed by atoms with Crippen molar-refractivity contribution in [3.05, 3.63) is 58.6 Å². The van der Waals surface area contributed by atoms with Crippen LogP contribution in [-0.4, -0.2) is 36.3 Å². The lowest BCUT2D eigenvalue weighted by atomic mass is 9.95. The first-order valence-corrected chi connectivity index (χ1v) is 10.1. The van der Waals surface area contributed by atoms with E-state index in [1.165, 1.54) is 5.56 Å². The van der Waals surface area contributed by atoms with Crippen LogP contribution in [0.2, 0.25) is 0 Å². The van der Waals surface area contributed by atoms with Gasteiger partial charge in [-0.2, -0.15) is 0 Å². The van der Waals surface area contributed by atoms with E-state index >= 15 is 0 Å². The molecule has 0 aromatic heterocycles. The van der Waals surface area contributed by atoms with Crippen molar-refractivity contribution in [2.45, 2.75) is 19.4 Å². The molecule has 0 radical (unpaired) electrons. The molecule has 2 aliphatic rings. The number of anilines is 2. The van der Waals surface area contributed by atoms with Crippen molar-refractivity contribution in [3.63, 3.8) is 0 Å². The predicted octanol–water partition coefficient (Wildman–Crippen LogP) is 3.65. The number of rotatable bonds is 3. The van der Waals surface area contributed by atoms with Gasteiger partial charge in [0.15, 0.2) is 0 Å². The molecular formula is C21H22BrN3O2. The molecule has 2 aliphatic heterocycles. The number of fused-ring (bicyclic) bond motifs is 1. The lowest BCUT2D eigenvalue weighted by molar-refractivity contribution is -0.126. The van der Waals surface area contributed by atoms with Crippen molar-refractivity contribution in [1.82, 2.24) is 4.90 Å². The Morgan fingerprint density at radius 3 is 2.89 bits per heavy atom. The van der Waals surface area contributed by atoms with E-state index in [1.807, 2.05) is 36.4 Å². The summed E-state index contributed by atoms with van der Waals surface area (Å²) in [6.45, 7) is 2.65. The highest BCUT2D eigenvalue weighted by Crippen LogP contribution is 2.31. The number of carbonyl (C=O) groups is 2. The minimum absolute atomic E-state index is 0.0521. The van der Waals surface area contributed by atoms with Crippen molar-refractivity contribution in [2.24, 2.45) is 5.92 Å². The van der Waals surface area contributed by atoms with Crippen LogP contribution in [-0.2, 0) is 16.1 Å². The number of hydrogen-bond acceptors (Lipinski definition) is 3. The Morgan fingerprint density at radius 2 is 2.04 bits per heavy atom. The minimum atomic E-state index is -0.135. The second-order valence-electron chi connectivity index (χ2n) is 7.19. The molecule has 1 N–H and O–H groups in total. The number of benzene rings is 2. The van der Waals surface area contributed by atoms with Crippen LogP contribution < -0.4 is 10.2 Å². The molecule has 0 spiro atoms. The van der Waals surface area contributed by atoms with E-state index in [2.05, 4.69) is 38.3 Å². The Balaban J connectivity index is 1.48. The molecule has 5 nitrogen and oxygen atoms in total. The van der Waals surface area contributed by atoms with Gasteiger partial charge in [0, 0.05) is 17.6 Å². The molecule has 2 aromatic rings. The fourth-order valence-electron chi connectivity index (χ4n) is 3.94. The van der Waals surface area contributed by atoms with Gasteiger partial charge >= 0.3 is 0 Å². The summed E-state index contributed by atoms with van der Waals surface area (Å²) >= 11 is 3.52. The van der Waals surface area contributed by atoms with Crippen LogP contribution in [0.4, 0.5) is 11.4 Å². The second-order valence-corrected chi connectivity index (χ2v) is 8.11. The van der Waals surface area contributed by atoms with Crippen LogP contribution >= 0.6 is 15.9 Å². The molecule has 1 atom stereocenters. The number of hydrogen-bond donors (Lipinski definition) is 1. The standard InChI is InChI=1S/C21H22BrN3O2/c22-17-7-3-5-15(11-17)12-24-10-4-6-16(13-24)21(27)25-14-20(26)23-18-8-1-2-9-19(18)25/h1-3,5,7-9,11,16H,4,6,10,12-14H2,(H,23,26). The summed E-state index contributed by atoms with van der Waals surface area (Å²) < 4.78 is 1.07. The van der Waals surface area contributed by atoms with Crippen LogP contribution in [0, 0.1) is 5.92 Å². The molecule has 140 valence electrons. The molecule has 0 bridgehead atoms. The molecule has 27 heavy (non-hydrogen) atoms. The highest BCUT2D eigenvalue weighted by Gasteiger charge is 2.33. The summed E-state index contributed by atoms with van der Waals surface area (Å²) in [5.41, 5.74) is 2.75. The number of halogens is 1. The third-order valence-electron chi connectivity index (χ3n) is 5.19. The number of likely N-dealkylation sites (tertiary alicyclic amines) is 1. The maximum Gasteiger partial charge on any atom is 0.244 e. The highest BCUT2D eigenvalue weighted by molar-refractivity contribution is 9.10. The van der Waals surface area contributed by atoms with Gasteiger partial charge in [0.25, 0.3) is 0 Å². The smallest absolute Gasteiger partial charge is 0.244 e. The first kappa shape index (κ1) is 18.2. The lowest BCUT2D eigenvalue weighted by Crippen LogP contribution is -2.48. The molecular weight excluding hydrogens is 406 g/mol. The van der Waals surface area contributed by atoms with Crippen LogP contribution in [0.3, 0.4) is 0 Å². The SMILES string of the molecule is O=C1CN(C(=O)C2CCCN(Cc3cccc(Br)c3)C2)c2ccccc2N1. The van der Waals surface area contributed by atoms with Crippen LogP contribution in [0.5, 0.6) is 0 Å². The van der Waals surface area contributed by atoms with Crippen molar-refractivity contribution in [2.75, 3.05) is 29.9 Å². The van der Waals surface area contributed by atoms with Gasteiger partial charge in [-0.15, -0.1) is 0 Å². The average molecular weight is 428 g/mol. The summed E-state index contributed by atoms with van der Waals surface area (Å²) in [6.07, 6.45) is 1.86. The van der Waals surface area contributed by atoms with Crippen molar-refractivity contribution >= 4 is 39.1 Å². The van der Waals surface area contributed by atoms with Gasteiger partial charge in [-0.3, -0.25) is 14.5 Å². The Labute approximate surface area is 167 Å².